The van der Waals surface area contributed by atoms with E-state index in [0.29, 0.717) is 17.3 Å². The number of hydrogen-bond donors (Lipinski definition) is 2. The average Bonchev–Trinajstić information content (AvgIpc) is 3.19. The van der Waals surface area contributed by atoms with Crippen LogP contribution in [-0.2, 0) is 0 Å². The summed E-state index contributed by atoms with van der Waals surface area (Å²) in [5, 5.41) is 10.2. The van der Waals surface area contributed by atoms with Gasteiger partial charge in [0.05, 0.1) is 17.9 Å². The van der Waals surface area contributed by atoms with Crippen molar-refractivity contribution < 1.29 is 13.7 Å². The minimum absolute atomic E-state index is 0. The van der Waals surface area contributed by atoms with E-state index in [-0.39, 0.29) is 30.4 Å². The summed E-state index contributed by atoms with van der Waals surface area (Å²) in [4.78, 5) is 18.6. The number of likely N-dealkylation sites (N-methyl/N-ethyl adjacent to an activating group) is 1. The van der Waals surface area contributed by atoms with E-state index in [2.05, 4.69) is 25.7 Å². The van der Waals surface area contributed by atoms with Gasteiger partial charge in [-0.3, -0.25) is 9.69 Å². The van der Waals surface area contributed by atoms with Crippen molar-refractivity contribution in [2.24, 2.45) is 0 Å². The summed E-state index contributed by atoms with van der Waals surface area (Å²) < 4.78 is 10.2. The Morgan fingerprint density at radius 2 is 2.39 bits per heavy atom. The van der Waals surface area contributed by atoms with Gasteiger partial charge in [0, 0.05) is 19.6 Å². The summed E-state index contributed by atoms with van der Waals surface area (Å²) in [6, 6.07) is 1.32. The van der Waals surface area contributed by atoms with E-state index < -0.39 is 0 Å². The number of nitrogens with zero attached hydrogens (tertiary/aromatic N) is 3. The van der Waals surface area contributed by atoms with Gasteiger partial charge >= 0.3 is 0 Å². The maximum Gasteiger partial charge on any atom is 0.255 e. The van der Waals surface area contributed by atoms with Crippen molar-refractivity contribution >= 4 is 18.3 Å². The van der Waals surface area contributed by atoms with Gasteiger partial charge in [0.2, 0.25) is 5.89 Å². The molecule has 23 heavy (non-hydrogen) atoms. The molecule has 1 fully saturated rings. The van der Waals surface area contributed by atoms with Crippen molar-refractivity contribution in [3.8, 4) is 0 Å². The second-order valence-electron chi connectivity index (χ2n) is 5.40. The lowest BCUT2D eigenvalue weighted by Gasteiger charge is -2.30. The second kappa shape index (κ2) is 7.58. The van der Waals surface area contributed by atoms with Crippen molar-refractivity contribution in [1.82, 2.24) is 25.7 Å². The second-order valence-corrected chi connectivity index (χ2v) is 5.40. The number of amides is 1. The zero-order valence-corrected chi connectivity index (χ0v) is 13.8. The van der Waals surface area contributed by atoms with Crippen LogP contribution < -0.4 is 10.6 Å². The van der Waals surface area contributed by atoms with Crippen LogP contribution >= 0.6 is 12.4 Å². The predicted octanol–water partition coefficient (Wildman–Crippen LogP) is 1.15. The molecule has 1 saturated heterocycles. The summed E-state index contributed by atoms with van der Waals surface area (Å²) in [6.07, 6.45) is 2.85. The molecule has 8 nitrogen and oxygen atoms in total. The number of rotatable bonds is 4. The topological polar surface area (TPSA) is 96.4 Å². The van der Waals surface area contributed by atoms with Crippen LogP contribution in [0.25, 0.3) is 0 Å². The molecule has 3 heterocycles. The van der Waals surface area contributed by atoms with Gasteiger partial charge in [-0.25, -0.2) is 0 Å². The Morgan fingerprint density at radius 1 is 1.57 bits per heavy atom. The first-order chi connectivity index (χ1) is 10.6. The van der Waals surface area contributed by atoms with Crippen LogP contribution in [0.4, 0.5) is 0 Å². The minimum Gasteiger partial charge on any atom is -0.472 e. The lowest BCUT2D eigenvalue weighted by Crippen LogP contribution is -2.44. The van der Waals surface area contributed by atoms with Gasteiger partial charge in [-0.1, -0.05) is 5.16 Å². The third kappa shape index (κ3) is 3.90. The molecule has 2 aromatic rings. The molecule has 3 rings (SSSR count). The number of furan rings is 1. The van der Waals surface area contributed by atoms with Crippen LogP contribution in [0.2, 0.25) is 0 Å². The highest BCUT2D eigenvalue weighted by molar-refractivity contribution is 5.93. The van der Waals surface area contributed by atoms with Crippen molar-refractivity contribution in [1.29, 1.82) is 0 Å². The fraction of sp³-hybridized carbons (Fsp3) is 0.500. The first-order valence-electron chi connectivity index (χ1n) is 7.22. The van der Waals surface area contributed by atoms with Gasteiger partial charge in [0.1, 0.15) is 12.3 Å². The molecule has 0 aliphatic carbocycles. The average molecular weight is 342 g/mol. The summed E-state index contributed by atoms with van der Waals surface area (Å²) in [5.74, 6) is 0.789. The molecule has 0 radical (unpaired) electrons. The molecule has 1 aliphatic heterocycles. The van der Waals surface area contributed by atoms with E-state index in [1.54, 1.807) is 13.0 Å². The summed E-state index contributed by atoms with van der Waals surface area (Å²) in [6.45, 7) is 4.47. The standard InChI is InChI=1S/C14H19N5O3.ClH/c1-9(16-13(20)10-3-6-21-8-10)14-17-12(18-22-14)11-7-15-4-5-19(11)2;/h3,6,8-9,11,15H,4-5,7H2,1-2H3,(H,16,20);1H. The van der Waals surface area contributed by atoms with Crippen molar-refractivity contribution in [3.05, 3.63) is 35.9 Å². The van der Waals surface area contributed by atoms with Gasteiger partial charge in [-0.2, -0.15) is 4.98 Å². The number of piperazine rings is 1. The van der Waals surface area contributed by atoms with E-state index in [4.69, 9.17) is 8.94 Å². The first-order valence-corrected chi connectivity index (χ1v) is 7.22. The van der Waals surface area contributed by atoms with E-state index in [1.165, 1.54) is 12.5 Å². The molecule has 2 unspecified atom stereocenters. The fourth-order valence-corrected chi connectivity index (χ4v) is 2.39. The highest BCUT2D eigenvalue weighted by Gasteiger charge is 2.26. The number of carbonyl (C=O) groups is 1. The van der Waals surface area contributed by atoms with Gasteiger partial charge in [-0.05, 0) is 20.0 Å². The molecule has 2 N–H and O–H groups in total. The Hall–Kier alpha value is -1.90. The molecular formula is C14H20ClN5O3. The molecule has 2 aromatic heterocycles. The normalized spacial score (nSPS) is 19.8. The molecule has 0 spiro atoms. The van der Waals surface area contributed by atoms with Crippen molar-refractivity contribution in [2.75, 3.05) is 26.7 Å². The van der Waals surface area contributed by atoms with E-state index in [9.17, 15) is 4.79 Å². The first kappa shape index (κ1) is 17.5. The van der Waals surface area contributed by atoms with Gasteiger partial charge < -0.3 is 19.6 Å². The number of hydrogen-bond acceptors (Lipinski definition) is 7. The molecule has 9 heteroatoms. The van der Waals surface area contributed by atoms with E-state index in [1.807, 2.05) is 7.05 Å². The Labute approximate surface area is 140 Å². The molecule has 0 bridgehead atoms. The molecule has 1 aliphatic rings. The third-order valence-corrected chi connectivity index (χ3v) is 3.77. The lowest BCUT2D eigenvalue weighted by molar-refractivity contribution is 0.0932. The van der Waals surface area contributed by atoms with Gasteiger partial charge in [-0.15, -0.1) is 12.4 Å². The molecule has 0 saturated carbocycles. The van der Waals surface area contributed by atoms with Crippen LogP contribution in [0.5, 0.6) is 0 Å². The maximum atomic E-state index is 12.0. The number of halogens is 1. The minimum atomic E-state index is -0.370. The van der Waals surface area contributed by atoms with Gasteiger partial charge in [0.25, 0.3) is 5.91 Å². The van der Waals surface area contributed by atoms with Crippen LogP contribution in [0.3, 0.4) is 0 Å². The van der Waals surface area contributed by atoms with Gasteiger partial charge in [0.15, 0.2) is 5.82 Å². The molecule has 126 valence electrons. The highest BCUT2D eigenvalue weighted by atomic mass is 35.5. The summed E-state index contributed by atoms with van der Waals surface area (Å²) in [7, 11) is 2.03. The zero-order chi connectivity index (χ0) is 15.5. The van der Waals surface area contributed by atoms with E-state index >= 15 is 0 Å². The van der Waals surface area contributed by atoms with Crippen LogP contribution in [0, 0.1) is 0 Å². The maximum absolute atomic E-state index is 12.0. The van der Waals surface area contributed by atoms with Crippen LogP contribution in [-0.4, -0.2) is 47.6 Å². The Kier molecular flexibility index (Phi) is 5.75. The molecule has 2 atom stereocenters. The van der Waals surface area contributed by atoms with Crippen molar-refractivity contribution in [3.63, 3.8) is 0 Å². The Balaban J connectivity index is 0.00000192. The largest absolute Gasteiger partial charge is 0.472 e. The van der Waals surface area contributed by atoms with Crippen LogP contribution in [0.1, 0.15) is 41.1 Å². The number of nitrogens with one attached hydrogen (secondary N) is 2. The smallest absolute Gasteiger partial charge is 0.255 e. The van der Waals surface area contributed by atoms with Crippen molar-refractivity contribution in [2.45, 2.75) is 19.0 Å². The monoisotopic (exact) mass is 341 g/mol. The molecule has 0 aromatic carbocycles. The SMILES string of the molecule is CC(NC(=O)c1ccoc1)c1nc(C2CNCCN2C)no1.Cl. The lowest BCUT2D eigenvalue weighted by atomic mass is 10.2. The zero-order valence-electron chi connectivity index (χ0n) is 13.0. The number of carbonyl (C=O) groups excluding carboxylic acids is 1. The van der Waals surface area contributed by atoms with E-state index in [0.717, 1.165) is 19.6 Å². The Morgan fingerprint density at radius 3 is 3.09 bits per heavy atom. The Bertz CT molecular complexity index is 630. The highest BCUT2D eigenvalue weighted by Crippen LogP contribution is 2.20. The molecular weight excluding hydrogens is 322 g/mol. The summed E-state index contributed by atoms with van der Waals surface area (Å²) in [5.41, 5.74) is 0.461. The van der Waals surface area contributed by atoms with Crippen LogP contribution in [0.15, 0.2) is 27.5 Å². The predicted molar refractivity (Wildman–Crippen MR) is 84.4 cm³/mol. The quantitative estimate of drug-likeness (QED) is 0.861. The number of aromatic nitrogens is 2. The fourth-order valence-electron chi connectivity index (χ4n) is 2.39. The summed E-state index contributed by atoms with van der Waals surface area (Å²) >= 11 is 0. The third-order valence-electron chi connectivity index (χ3n) is 3.77. The molecule has 1 amide bonds.